The van der Waals surface area contributed by atoms with E-state index in [1.807, 2.05) is 0 Å². The van der Waals surface area contributed by atoms with Crippen LogP contribution in [0.4, 0.5) is 18.6 Å². The minimum absolute atomic E-state index is 0. The van der Waals surface area contributed by atoms with Gasteiger partial charge in [0.2, 0.25) is 5.91 Å². The molecule has 94 valence electrons. The van der Waals surface area contributed by atoms with Crippen LogP contribution in [0, 0.1) is 0 Å². The van der Waals surface area contributed by atoms with Gasteiger partial charge in [0.15, 0.2) is 0 Å². The summed E-state index contributed by atoms with van der Waals surface area (Å²) in [5, 5.41) is 1.94. The molecule has 0 radical (unpaired) electrons. The average molecular weight is 306 g/mol. The van der Waals surface area contributed by atoms with E-state index in [2.05, 4.69) is 5.32 Å². The molecule has 0 aliphatic carbocycles. The zero-order valence-electron chi connectivity index (χ0n) is 10.1. The Bertz CT molecular complexity index is 456. The summed E-state index contributed by atoms with van der Waals surface area (Å²) in [6.07, 6.45) is 0. The van der Waals surface area contributed by atoms with Crippen molar-refractivity contribution in [3.63, 3.8) is 0 Å². The molecular weight excluding hydrogens is 296 g/mol. The van der Waals surface area contributed by atoms with Gasteiger partial charge in [-0.3, -0.25) is 4.79 Å². The van der Waals surface area contributed by atoms with E-state index in [1.165, 1.54) is 7.11 Å². The summed E-state index contributed by atoms with van der Waals surface area (Å²) in [6.45, 7) is -4.14. The molecule has 0 saturated carbocycles. The van der Waals surface area contributed by atoms with Crippen LogP contribution in [0.15, 0.2) is 12.1 Å². The molecule has 1 aromatic carbocycles. The minimum atomic E-state index is -5.26. The summed E-state index contributed by atoms with van der Waals surface area (Å²) < 4.78 is 43.0. The Balaban J connectivity index is 0.00000289. The van der Waals surface area contributed by atoms with Gasteiger partial charge in [0.1, 0.15) is 5.75 Å². The number of anilines is 1. The number of amides is 1. The van der Waals surface area contributed by atoms with Crippen LogP contribution in [0.1, 0.15) is 6.92 Å². The molecule has 0 aliphatic heterocycles. The molecule has 1 aromatic rings. The largest absolute Gasteiger partial charge is 1.00 e. The monoisotopic (exact) mass is 305 g/mol. The second-order valence-corrected chi connectivity index (χ2v) is 3.74. The standard InChI is InChI=1S/C9H9BClF3NO2.K/c1-5(16)15-8-4-9(17-2)7(11)3-6(8)10(12,13)14;/h3-4H,1-2H3,(H,15,16);/q-1;+1. The first-order chi connectivity index (χ1) is 7.75. The van der Waals surface area contributed by atoms with Crippen molar-refractivity contribution in [2.45, 2.75) is 6.92 Å². The predicted molar refractivity (Wildman–Crippen MR) is 61.0 cm³/mol. The third kappa shape index (κ3) is 4.75. The van der Waals surface area contributed by atoms with E-state index in [1.54, 1.807) is 0 Å². The van der Waals surface area contributed by atoms with Crippen molar-refractivity contribution in [2.24, 2.45) is 0 Å². The van der Waals surface area contributed by atoms with Crippen molar-refractivity contribution in [1.29, 1.82) is 0 Å². The molecule has 0 saturated heterocycles. The molecule has 18 heavy (non-hydrogen) atoms. The molecule has 1 amide bonds. The van der Waals surface area contributed by atoms with Gasteiger partial charge in [0.25, 0.3) is 0 Å². The summed E-state index contributed by atoms with van der Waals surface area (Å²) in [6, 6.07) is 1.79. The van der Waals surface area contributed by atoms with Crippen LogP contribution in [0.3, 0.4) is 0 Å². The SMILES string of the molecule is COc1cc(NC(C)=O)c([B-](F)(F)F)cc1Cl.[K+]. The van der Waals surface area contributed by atoms with Crippen molar-refractivity contribution in [1.82, 2.24) is 0 Å². The van der Waals surface area contributed by atoms with Crippen LogP contribution in [0.2, 0.25) is 5.02 Å². The van der Waals surface area contributed by atoms with Crippen molar-refractivity contribution in [3.05, 3.63) is 17.2 Å². The third-order valence-corrected chi connectivity index (χ3v) is 2.28. The van der Waals surface area contributed by atoms with E-state index in [0.29, 0.717) is 0 Å². The number of carbonyl (C=O) groups is 1. The number of ether oxygens (including phenoxy) is 1. The first-order valence-electron chi connectivity index (χ1n) is 4.60. The second-order valence-electron chi connectivity index (χ2n) is 3.33. The van der Waals surface area contributed by atoms with Crippen molar-refractivity contribution < 1.29 is 73.9 Å². The van der Waals surface area contributed by atoms with Crippen LogP contribution >= 0.6 is 11.6 Å². The Labute approximate surface area is 150 Å². The molecule has 0 spiro atoms. The van der Waals surface area contributed by atoms with Gasteiger partial charge in [-0.25, -0.2) is 0 Å². The second kappa shape index (κ2) is 7.16. The number of halogens is 4. The van der Waals surface area contributed by atoms with Gasteiger partial charge in [-0.05, 0) is 0 Å². The maximum Gasteiger partial charge on any atom is 1.00 e. The molecular formula is C9H9BClF3KNO2. The Hall–Kier alpha value is 0.271. The van der Waals surface area contributed by atoms with E-state index in [-0.39, 0.29) is 67.8 Å². The fourth-order valence-corrected chi connectivity index (χ4v) is 1.54. The minimum Gasteiger partial charge on any atom is -0.495 e. The fraction of sp³-hybridized carbons (Fsp3) is 0.222. The molecule has 0 aliphatic rings. The van der Waals surface area contributed by atoms with E-state index in [9.17, 15) is 17.7 Å². The number of carbonyl (C=O) groups excluding carboxylic acids is 1. The first kappa shape index (κ1) is 18.3. The molecule has 0 atom stereocenters. The van der Waals surface area contributed by atoms with Crippen LogP contribution in [0.25, 0.3) is 0 Å². The smallest absolute Gasteiger partial charge is 0.495 e. The number of rotatable bonds is 3. The van der Waals surface area contributed by atoms with E-state index < -0.39 is 18.3 Å². The Morgan fingerprint density at radius 1 is 1.39 bits per heavy atom. The summed E-state index contributed by atoms with van der Waals surface area (Å²) in [5.41, 5.74) is -1.31. The van der Waals surface area contributed by atoms with Gasteiger partial charge in [-0.1, -0.05) is 23.1 Å². The number of methoxy groups -OCH3 is 1. The summed E-state index contributed by atoms with van der Waals surface area (Å²) >= 11 is 5.62. The third-order valence-electron chi connectivity index (χ3n) is 1.99. The van der Waals surface area contributed by atoms with Crippen LogP contribution in [0.5, 0.6) is 5.75 Å². The van der Waals surface area contributed by atoms with Crippen molar-refractivity contribution >= 4 is 35.6 Å². The van der Waals surface area contributed by atoms with E-state index in [4.69, 9.17) is 16.3 Å². The molecule has 1 rings (SSSR count). The number of benzene rings is 1. The van der Waals surface area contributed by atoms with Crippen LogP contribution < -0.4 is 66.9 Å². The van der Waals surface area contributed by atoms with Crippen molar-refractivity contribution in [2.75, 3.05) is 12.4 Å². The van der Waals surface area contributed by atoms with Crippen molar-refractivity contribution in [3.8, 4) is 5.75 Å². The summed E-state index contributed by atoms with van der Waals surface area (Å²) in [7, 11) is 1.27. The van der Waals surface area contributed by atoms with Gasteiger partial charge >= 0.3 is 58.4 Å². The van der Waals surface area contributed by atoms with Gasteiger partial charge < -0.3 is 23.0 Å². The van der Waals surface area contributed by atoms with Gasteiger partial charge in [0, 0.05) is 18.7 Å². The Morgan fingerprint density at radius 2 is 1.94 bits per heavy atom. The quantitative estimate of drug-likeness (QED) is 0.755. The van der Waals surface area contributed by atoms with Crippen LogP contribution in [-0.4, -0.2) is 20.0 Å². The Morgan fingerprint density at radius 3 is 2.33 bits per heavy atom. The number of nitrogens with one attached hydrogen (secondary N) is 1. The number of hydrogen-bond acceptors (Lipinski definition) is 2. The molecule has 0 unspecified atom stereocenters. The zero-order chi connectivity index (χ0) is 13.2. The van der Waals surface area contributed by atoms with E-state index >= 15 is 0 Å². The van der Waals surface area contributed by atoms with Gasteiger partial charge in [-0.15, -0.1) is 0 Å². The van der Waals surface area contributed by atoms with Gasteiger partial charge in [0.05, 0.1) is 12.1 Å². The molecule has 3 nitrogen and oxygen atoms in total. The fourth-order valence-electron chi connectivity index (χ4n) is 1.29. The Kier molecular flexibility index (Phi) is 7.27. The summed E-state index contributed by atoms with van der Waals surface area (Å²) in [4.78, 5) is 10.8. The predicted octanol–water partition coefficient (Wildman–Crippen LogP) is -0.635. The normalized spacial score (nSPS) is 10.6. The molecule has 1 N–H and O–H groups in total. The van der Waals surface area contributed by atoms with E-state index in [0.717, 1.165) is 19.1 Å². The maximum absolute atomic E-state index is 12.7. The molecule has 0 aromatic heterocycles. The number of hydrogen-bond donors (Lipinski definition) is 1. The van der Waals surface area contributed by atoms with Gasteiger partial charge in [-0.2, -0.15) is 0 Å². The summed E-state index contributed by atoms with van der Waals surface area (Å²) in [5.74, 6) is -0.533. The topological polar surface area (TPSA) is 38.3 Å². The molecule has 0 fully saturated rings. The molecule has 9 heteroatoms. The molecule has 0 heterocycles. The van der Waals surface area contributed by atoms with Crippen LogP contribution in [-0.2, 0) is 4.79 Å². The average Bonchev–Trinajstić information content (AvgIpc) is 2.17. The zero-order valence-corrected chi connectivity index (χ0v) is 13.9. The molecule has 0 bridgehead atoms. The maximum atomic E-state index is 12.7. The first-order valence-corrected chi connectivity index (χ1v) is 4.98.